The van der Waals surface area contributed by atoms with Gasteiger partial charge in [-0.1, -0.05) is 0 Å². The summed E-state index contributed by atoms with van der Waals surface area (Å²) in [4.78, 5) is 3.32. The normalized spacial score (nSPS) is 11.3. The highest BCUT2D eigenvalue weighted by molar-refractivity contribution is 9.10. The van der Waals surface area contributed by atoms with Crippen molar-refractivity contribution in [2.45, 2.75) is 4.90 Å². The summed E-state index contributed by atoms with van der Waals surface area (Å²) in [5, 5.41) is 0. The zero-order valence-electron chi connectivity index (χ0n) is 9.77. The summed E-state index contributed by atoms with van der Waals surface area (Å²) < 4.78 is 41.1. The molecule has 0 aliphatic heterocycles. The Balaban J connectivity index is 2.40. The number of nitrogens with two attached hydrogens (primary N) is 1. The van der Waals surface area contributed by atoms with Gasteiger partial charge in [0, 0.05) is 20.8 Å². The van der Waals surface area contributed by atoms with Crippen LogP contribution in [0.1, 0.15) is 0 Å². The fraction of sp³-hybridized carbons (Fsp3) is 0. The van der Waals surface area contributed by atoms with E-state index in [1.54, 1.807) is 6.07 Å². The first kappa shape index (κ1) is 15.2. The van der Waals surface area contributed by atoms with E-state index >= 15 is 0 Å². The van der Waals surface area contributed by atoms with Crippen LogP contribution in [-0.2, 0) is 10.0 Å². The Hall–Kier alpha value is -1.19. The minimum Gasteiger partial charge on any atom is -0.398 e. The monoisotopic (exact) mass is 423 g/mol. The van der Waals surface area contributed by atoms with Gasteiger partial charge in [0.1, 0.15) is 16.5 Å². The molecule has 0 amide bonds. The number of anilines is 2. The molecule has 20 heavy (non-hydrogen) atoms. The summed E-state index contributed by atoms with van der Waals surface area (Å²) in [7, 11) is -4.10. The Kier molecular flexibility index (Phi) is 4.31. The van der Waals surface area contributed by atoms with Gasteiger partial charge in [-0.3, -0.25) is 4.72 Å². The van der Waals surface area contributed by atoms with E-state index in [2.05, 4.69) is 41.6 Å². The van der Waals surface area contributed by atoms with Crippen molar-refractivity contribution in [3.05, 3.63) is 45.2 Å². The minimum atomic E-state index is -4.10. The fourth-order valence-corrected chi connectivity index (χ4v) is 3.03. The maximum absolute atomic E-state index is 13.8. The van der Waals surface area contributed by atoms with Gasteiger partial charge in [-0.15, -0.1) is 0 Å². The summed E-state index contributed by atoms with van der Waals surface area (Å²) >= 11 is 6.20. The molecule has 1 heterocycles. The third kappa shape index (κ3) is 3.28. The van der Waals surface area contributed by atoms with E-state index in [-0.39, 0.29) is 16.0 Å². The molecule has 2 aromatic rings. The van der Waals surface area contributed by atoms with Crippen LogP contribution in [0.15, 0.2) is 44.3 Å². The molecule has 0 saturated heterocycles. The Labute approximate surface area is 131 Å². The van der Waals surface area contributed by atoms with Crippen molar-refractivity contribution in [3.63, 3.8) is 0 Å². The average molecular weight is 425 g/mol. The SMILES string of the molecule is Nc1cc(S(=O)(=O)Nc2ccc(Br)cn2)c(F)cc1Br. The number of nitrogens with zero attached hydrogens (tertiary/aromatic N) is 1. The number of benzene rings is 1. The molecular weight excluding hydrogens is 417 g/mol. The van der Waals surface area contributed by atoms with Crippen molar-refractivity contribution >= 4 is 53.4 Å². The van der Waals surface area contributed by atoms with Gasteiger partial charge in [0.15, 0.2) is 0 Å². The van der Waals surface area contributed by atoms with Crippen molar-refractivity contribution in [2.75, 3.05) is 10.5 Å². The van der Waals surface area contributed by atoms with Crippen LogP contribution in [-0.4, -0.2) is 13.4 Å². The first-order chi connectivity index (χ1) is 9.29. The molecule has 0 bridgehead atoms. The van der Waals surface area contributed by atoms with Crippen LogP contribution in [0.25, 0.3) is 0 Å². The lowest BCUT2D eigenvalue weighted by molar-refractivity contribution is 0.570. The third-order valence-corrected chi connectivity index (χ3v) is 4.83. The highest BCUT2D eigenvalue weighted by atomic mass is 79.9. The molecule has 1 aromatic heterocycles. The summed E-state index contributed by atoms with van der Waals surface area (Å²) in [6.07, 6.45) is 1.42. The molecule has 0 aliphatic rings. The van der Waals surface area contributed by atoms with Gasteiger partial charge in [-0.25, -0.2) is 17.8 Å². The predicted octanol–water partition coefficient (Wildman–Crippen LogP) is 3.13. The second-order valence-corrected chi connectivity index (χ2v) is 7.19. The minimum absolute atomic E-state index is 0.0779. The van der Waals surface area contributed by atoms with E-state index in [1.165, 1.54) is 12.3 Å². The zero-order chi connectivity index (χ0) is 14.9. The average Bonchev–Trinajstić information content (AvgIpc) is 2.36. The molecule has 1 aromatic carbocycles. The lowest BCUT2D eigenvalue weighted by atomic mass is 10.3. The van der Waals surface area contributed by atoms with Crippen molar-refractivity contribution in [1.29, 1.82) is 0 Å². The van der Waals surface area contributed by atoms with Gasteiger partial charge in [-0.05, 0) is 56.1 Å². The molecule has 3 N–H and O–H groups in total. The molecule has 2 rings (SSSR count). The molecule has 0 saturated carbocycles. The van der Waals surface area contributed by atoms with Gasteiger partial charge in [0.25, 0.3) is 10.0 Å². The van der Waals surface area contributed by atoms with Crippen LogP contribution in [0.4, 0.5) is 15.9 Å². The highest BCUT2D eigenvalue weighted by Crippen LogP contribution is 2.27. The van der Waals surface area contributed by atoms with E-state index in [0.29, 0.717) is 4.47 Å². The molecule has 0 atom stereocenters. The van der Waals surface area contributed by atoms with Crippen molar-refractivity contribution < 1.29 is 12.8 Å². The molecule has 9 heteroatoms. The number of hydrogen-bond donors (Lipinski definition) is 2. The van der Waals surface area contributed by atoms with Gasteiger partial charge in [0.05, 0.1) is 0 Å². The van der Waals surface area contributed by atoms with Crippen LogP contribution < -0.4 is 10.5 Å². The third-order valence-electron chi connectivity index (χ3n) is 2.31. The Morgan fingerprint density at radius 2 is 1.95 bits per heavy atom. The number of aromatic nitrogens is 1. The number of nitrogen functional groups attached to an aromatic ring is 1. The fourth-order valence-electron chi connectivity index (χ4n) is 1.38. The topological polar surface area (TPSA) is 85.1 Å². The Morgan fingerprint density at radius 3 is 2.55 bits per heavy atom. The number of halogens is 3. The van der Waals surface area contributed by atoms with Crippen LogP contribution in [0.2, 0.25) is 0 Å². The number of hydrogen-bond acceptors (Lipinski definition) is 4. The molecule has 0 radical (unpaired) electrons. The molecule has 0 spiro atoms. The van der Waals surface area contributed by atoms with E-state index < -0.39 is 20.7 Å². The van der Waals surface area contributed by atoms with Crippen LogP contribution in [0.5, 0.6) is 0 Å². The predicted molar refractivity (Wildman–Crippen MR) is 81.3 cm³/mol. The van der Waals surface area contributed by atoms with Crippen molar-refractivity contribution in [1.82, 2.24) is 4.98 Å². The van der Waals surface area contributed by atoms with Gasteiger partial charge in [0.2, 0.25) is 0 Å². The number of pyridine rings is 1. The van der Waals surface area contributed by atoms with Crippen LogP contribution in [0, 0.1) is 5.82 Å². The van der Waals surface area contributed by atoms with E-state index in [0.717, 1.165) is 12.1 Å². The van der Waals surface area contributed by atoms with Crippen LogP contribution in [0.3, 0.4) is 0 Å². The molecule has 0 fully saturated rings. The second-order valence-electron chi connectivity index (χ2n) is 3.77. The molecule has 106 valence electrons. The molecular formula is C11H8Br2FN3O2S. The summed E-state index contributed by atoms with van der Waals surface area (Å²) in [5.41, 5.74) is 5.69. The Bertz CT molecular complexity index is 751. The zero-order valence-corrected chi connectivity index (χ0v) is 13.8. The largest absolute Gasteiger partial charge is 0.398 e. The van der Waals surface area contributed by atoms with Gasteiger partial charge < -0.3 is 5.73 Å². The van der Waals surface area contributed by atoms with Gasteiger partial charge in [-0.2, -0.15) is 0 Å². The first-order valence-electron chi connectivity index (χ1n) is 5.18. The number of nitrogens with one attached hydrogen (secondary N) is 1. The number of rotatable bonds is 3. The van der Waals surface area contributed by atoms with Crippen LogP contribution >= 0.6 is 31.9 Å². The highest BCUT2D eigenvalue weighted by Gasteiger charge is 2.21. The Morgan fingerprint density at radius 1 is 1.25 bits per heavy atom. The standard InChI is InChI=1S/C11H8Br2FN3O2S/c12-6-1-2-11(16-5-6)17-20(18,19)10-4-9(15)7(13)3-8(10)14/h1-5H,15H2,(H,16,17). The van der Waals surface area contributed by atoms with Crippen molar-refractivity contribution in [3.8, 4) is 0 Å². The molecule has 0 unspecified atom stereocenters. The van der Waals surface area contributed by atoms with E-state index in [4.69, 9.17) is 5.73 Å². The lowest BCUT2D eigenvalue weighted by Gasteiger charge is -2.09. The number of sulfonamides is 1. The van der Waals surface area contributed by atoms with Crippen molar-refractivity contribution in [2.24, 2.45) is 0 Å². The second kappa shape index (κ2) is 5.66. The lowest BCUT2D eigenvalue weighted by Crippen LogP contribution is -2.16. The van der Waals surface area contributed by atoms with E-state index in [9.17, 15) is 12.8 Å². The summed E-state index contributed by atoms with van der Waals surface area (Å²) in [6.45, 7) is 0. The van der Waals surface area contributed by atoms with Gasteiger partial charge >= 0.3 is 0 Å². The summed E-state index contributed by atoms with van der Waals surface area (Å²) in [6, 6.07) is 5.10. The first-order valence-corrected chi connectivity index (χ1v) is 8.25. The van der Waals surface area contributed by atoms with E-state index in [1.807, 2.05) is 0 Å². The smallest absolute Gasteiger partial charge is 0.266 e. The molecule has 0 aliphatic carbocycles. The summed E-state index contributed by atoms with van der Waals surface area (Å²) in [5.74, 6) is -0.829. The maximum atomic E-state index is 13.8. The quantitative estimate of drug-likeness (QED) is 0.741. The maximum Gasteiger partial charge on any atom is 0.266 e. The molecule has 5 nitrogen and oxygen atoms in total.